The van der Waals surface area contributed by atoms with Crippen molar-refractivity contribution in [3.63, 3.8) is 0 Å². The maximum atomic E-state index is 14.1. The van der Waals surface area contributed by atoms with E-state index in [0.29, 0.717) is 30.0 Å². The van der Waals surface area contributed by atoms with Gasteiger partial charge < -0.3 is 9.63 Å². The minimum atomic E-state index is -0.624. The van der Waals surface area contributed by atoms with E-state index in [4.69, 9.17) is 4.52 Å². The molecular formula is C29H43NO3. The number of carbonyl (C=O) groups is 1. The van der Waals surface area contributed by atoms with Gasteiger partial charge in [-0.1, -0.05) is 46.7 Å². The molecule has 0 bridgehead atoms. The second-order valence-electron chi connectivity index (χ2n) is 14.7. The number of carbonyl (C=O) groups excluding carboxylic acids is 1. The highest BCUT2D eigenvalue weighted by Crippen LogP contribution is 2.71. The molecule has 0 amide bonds. The predicted octanol–water partition coefficient (Wildman–Crippen LogP) is 6.10. The maximum absolute atomic E-state index is 14.1. The standard InChI is InChI=1S/C29H43NO3/c1-25(2)11-12-29(32)10-7-18-23(19(29)15-25)20(31)13-22-27(18,5)9-8-21-26(3,4)24-17(16-30-33-24)14-28(21,22)6/h16,18-19,21-23,32H,7-15H2,1-6H3/t18?,19?,21-,22-,23?,27-,28-,29+/m0/s1. The van der Waals surface area contributed by atoms with Crippen LogP contribution >= 0.6 is 0 Å². The highest BCUT2D eigenvalue weighted by molar-refractivity contribution is 5.83. The first-order chi connectivity index (χ1) is 15.3. The van der Waals surface area contributed by atoms with E-state index in [-0.39, 0.29) is 33.5 Å². The van der Waals surface area contributed by atoms with Gasteiger partial charge in [-0.25, -0.2) is 0 Å². The van der Waals surface area contributed by atoms with Crippen LogP contribution in [-0.4, -0.2) is 21.6 Å². The van der Waals surface area contributed by atoms with Crippen molar-refractivity contribution in [1.29, 1.82) is 0 Å². The summed E-state index contributed by atoms with van der Waals surface area (Å²) in [5.41, 5.74) is 1.04. The lowest BCUT2D eigenvalue weighted by Gasteiger charge is -2.68. The molecule has 0 aromatic carbocycles. The van der Waals surface area contributed by atoms with Crippen LogP contribution in [0.15, 0.2) is 10.7 Å². The normalized spacial score (nSPS) is 49.8. The molecule has 5 aliphatic carbocycles. The number of ketones is 1. The van der Waals surface area contributed by atoms with Crippen LogP contribution in [0.4, 0.5) is 0 Å². The number of aromatic nitrogens is 1. The van der Waals surface area contributed by atoms with E-state index < -0.39 is 5.60 Å². The molecule has 5 aliphatic rings. The van der Waals surface area contributed by atoms with Crippen molar-refractivity contribution in [3.8, 4) is 0 Å². The van der Waals surface area contributed by atoms with Crippen molar-refractivity contribution >= 4 is 5.78 Å². The quantitative estimate of drug-likeness (QED) is 0.515. The maximum Gasteiger partial charge on any atom is 0.145 e. The van der Waals surface area contributed by atoms with Gasteiger partial charge in [0.1, 0.15) is 11.5 Å². The Hall–Kier alpha value is -1.16. The van der Waals surface area contributed by atoms with Gasteiger partial charge in [0.15, 0.2) is 0 Å². The third-order valence-electron chi connectivity index (χ3n) is 12.1. The second kappa shape index (κ2) is 6.53. The number of fused-ring (bicyclic) bond motifs is 8. The predicted molar refractivity (Wildman–Crippen MR) is 128 cm³/mol. The molecule has 4 saturated carbocycles. The highest BCUT2D eigenvalue weighted by atomic mass is 16.5. The van der Waals surface area contributed by atoms with E-state index in [1.807, 2.05) is 6.20 Å². The fraction of sp³-hybridized carbons (Fsp3) is 0.862. The molecule has 1 heterocycles. The zero-order chi connectivity index (χ0) is 23.6. The molecule has 4 heteroatoms. The van der Waals surface area contributed by atoms with Crippen LogP contribution < -0.4 is 0 Å². The number of nitrogens with zero attached hydrogens (tertiary/aromatic N) is 1. The van der Waals surface area contributed by atoms with E-state index in [2.05, 4.69) is 46.7 Å². The second-order valence-corrected chi connectivity index (χ2v) is 14.7. The fourth-order valence-corrected chi connectivity index (χ4v) is 10.6. The molecule has 33 heavy (non-hydrogen) atoms. The lowest BCUT2D eigenvalue weighted by Crippen LogP contribution is -2.66. The minimum absolute atomic E-state index is 0.0486. The molecule has 4 fully saturated rings. The summed E-state index contributed by atoms with van der Waals surface area (Å²) in [5.74, 6) is 3.02. The Labute approximate surface area is 199 Å². The topological polar surface area (TPSA) is 63.3 Å². The smallest absolute Gasteiger partial charge is 0.145 e. The highest BCUT2D eigenvalue weighted by Gasteiger charge is 2.68. The molecule has 1 aromatic rings. The van der Waals surface area contributed by atoms with Crippen LogP contribution in [0.1, 0.15) is 104 Å². The van der Waals surface area contributed by atoms with Gasteiger partial charge >= 0.3 is 0 Å². The summed E-state index contributed by atoms with van der Waals surface area (Å²) in [6.07, 6.45) is 10.8. The lowest BCUT2D eigenvalue weighted by molar-refractivity contribution is -0.209. The van der Waals surface area contributed by atoms with Gasteiger partial charge in [-0.2, -0.15) is 0 Å². The van der Waals surface area contributed by atoms with Crippen LogP contribution in [-0.2, 0) is 16.6 Å². The number of Topliss-reactive ketones (excluding diaryl/α,β-unsaturated/α-hetero) is 1. The van der Waals surface area contributed by atoms with Crippen molar-refractivity contribution in [3.05, 3.63) is 17.5 Å². The van der Waals surface area contributed by atoms with E-state index in [1.54, 1.807) is 0 Å². The van der Waals surface area contributed by atoms with Gasteiger partial charge in [-0.15, -0.1) is 0 Å². The number of rotatable bonds is 0. The molecule has 1 N–H and O–H groups in total. The Kier molecular flexibility index (Phi) is 4.42. The minimum Gasteiger partial charge on any atom is -0.390 e. The Morgan fingerprint density at radius 2 is 1.70 bits per heavy atom. The first kappa shape index (κ1) is 22.3. The van der Waals surface area contributed by atoms with Crippen molar-refractivity contribution in [2.45, 2.75) is 110 Å². The first-order valence-corrected chi connectivity index (χ1v) is 13.5. The number of hydrogen-bond acceptors (Lipinski definition) is 4. The Morgan fingerprint density at radius 3 is 2.45 bits per heavy atom. The molecule has 8 atom stereocenters. The summed E-state index contributed by atoms with van der Waals surface area (Å²) in [5, 5.41) is 15.9. The van der Waals surface area contributed by atoms with Crippen LogP contribution in [0.3, 0.4) is 0 Å². The fourth-order valence-electron chi connectivity index (χ4n) is 10.6. The zero-order valence-electron chi connectivity index (χ0n) is 21.5. The molecule has 182 valence electrons. The SMILES string of the molecule is CC1(C)CC[C@]2(O)CCC3C(C(=O)C[C@@H]4[C@@]5(C)Cc6cnoc6C(C)(C)[C@@H]5CC[C@@]34C)C2C1. The van der Waals surface area contributed by atoms with Gasteiger partial charge in [0.25, 0.3) is 0 Å². The molecule has 0 aliphatic heterocycles. The van der Waals surface area contributed by atoms with Gasteiger partial charge in [0, 0.05) is 23.3 Å². The monoisotopic (exact) mass is 453 g/mol. The molecule has 0 radical (unpaired) electrons. The van der Waals surface area contributed by atoms with Crippen LogP contribution in [0, 0.1) is 45.8 Å². The Morgan fingerprint density at radius 1 is 0.939 bits per heavy atom. The summed E-state index contributed by atoms with van der Waals surface area (Å²) in [6.45, 7) is 14.3. The van der Waals surface area contributed by atoms with Gasteiger partial charge in [0.05, 0.1) is 11.8 Å². The molecule has 6 rings (SSSR count). The molecule has 1 aromatic heterocycles. The summed E-state index contributed by atoms with van der Waals surface area (Å²) in [7, 11) is 0. The van der Waals surface area contributed by atoms with Crippen molar-refractivity contribution in [2.24, 2.45) is 45.8 Å². The average molecular weight is 454 g/mol. The first-order valence-electron chi connectivity index (χ1n) is 13.5. The summed E-state index contributed by atoms with van der Waals surface area (Å²) < 4.78 is 5.78. The van der Waals surface area contributed by atoms with Gasteiger partial charge in [-0.05, 0) is 91.3 Å². The van der Waals surface area contributed by atoms with Crippen molar-refractivity contribution < 1.29 is 14.4 Å². The summed E-state index contributed by atoms with van der Waals surface area (Å²) in [6, 6.07) is 0. The van der Waals surface area contributed by atoms with Crippen molar-refractivity contribution in [2.75, 3.05) is 0 Å². The number of hydrogen-bond donors (Lipinski definition) is 1. The molecule has 0 spiro atoms. The average Bonchev–Trinajstić information content (AvgIpc) is 3.18. The summed E-state index contributed by atoms with van der Waals surface area (Å²) in [4.78, 5) is 14.1. The lowest BCUT2D eigenvalue weighted by atomic mass is 9.36. The van der Waals surface area contributed by atoms with Crippen molar-refractivity contribution in [1.82, 2.24) is 5.16 Å². The van der Waals surface area contributed by atoms with Gasteiger partial charge in [-0.3, -0.25) is 4.79 Å². The molecule has 0 saturated heterocycles. The zero-order valence-corrected chi connectivity index (χ0v) is 21.5. The molecule has 4 nitrogen and oxygen atoms in total. The van der Waals surface area contributed by atoms with E-state index >= 15 is 0 Å². The third kappa shape index (κ3) is 2.79. The molecular weight excluding hydrogens is 410 g/mol. The van der Waals surface area contributed by atoms with E-state index in [9.17, 15) is 9.90 Å². The van der Waals surface area contributed by atoms with Gasteiger partial charge in [0.2, 0.25) is 0 Å². The summed E-state index contributed by atoms with van der Waals surface area (Å²) >= 11 is 0. The number of aliphatic hydroxyl groups is 1. The largest absolute Gasteiger partial charge is 0.390 e. The molecule has 3 unspecified atom stereocenters. The van der Waals surface area contributed by atoms with E-state index in [0.717, 1.165) is 44.3 Å². The van der Waals surface area contributed by atoms with Crippen LogP contribution in [0.5, 0.6) is 0 Å². The Bertz CT molecular complexity index is 993. The van der Waals surface area contributed by atoms with E-state index in [1.165, 1.54) is 18.4 Å². The Balaban J connectivity index is 1.41. The van der Waals surface area contributed by atoms with Crippen LogP contribution in [0.25, 0.3) is 0 Å². The van der Waals surface area contributed by atoms with Crippen LogP contribution in [0.2, 0.25) is 0 Å². The third-order valence-corrected chi connectivity index (χ3v) is 12.1.